The highest BCUT2D eigenvalue weighted by atomic mass is 32.2. The fraction of sp³-hybridized carbons (Fsp3) is 0.388. The lowest BCUT2D eigenvalue weighted by Gasteiger charge is -2.50. The molecule has 66 heavy (non-hydrogen) atoms. The molecule has 0 N–H and O–H groups in total. The molecule has 3 aliphatic heterocycles. The summed E-state index contributed by atoms with van der Waals surface area (Å²) in [7, 11) is 0. The van der Waals surface area contributed by atoms with Crippen molar-refractivity contribution in [2.24, 2.45) is 0 Å². The molecule has 7 rings (SSSR count). The zero-order valence-corrected chi connectivity index (χ0v) is 37.6. The first-order valence-corrected chi connectivity index (χ1v) is 22.5. The smallest absolute Gasteiger partial charge is 0.338 e. The lowest BCUT2D eigenvalue weighted by molar-refractivity contribution is -0.338. The number of carbonyl (C=O) groups excluding carboxylic acids is 6. The normalized spacial score (nSPS) is 26.0. The van der Waals surface area contributed by atoms with Crippen molar-refractivity contribution in [2.75, 3.05) is 19.0 Å². The highest BCUT2D eigenvalue weighted by molar-refractivity contribution is 7.99. The second kappa shape index (κ2) is 22.5. The lowest BCUT2D eigenvalue weighted by atomic mass is 9.94. The van der Waals surface area contributed by atoms with Gasteiger partial charge in [-0.1, -0.05) is 97.9 Å². The number of amides is 2. The van der Waals surface area contributed by atoms with E-state index in [1.54, 1.807) is 42.5 Å². The third-order valence-corrected chi connectivity index (χ3v) is 11.9. The Balaban J connectivity index is 1.33. The van der Waals surface area contributed by atoms with Crippen LogP contribution in [0.4, 0.5) is 0 Å². The minimum absolute atomic E-state index is 0.109. The molecule has 0 spiro atoms. The van der Waals surface area contributed by atoms with Gasteiger partial charge in [0.05, 0.1) is 43.1 Å². The molecule has 348 valence electrons. The highest BCUT2D eigenvalue weighted by Crippen LogP contribution is 2.41. The molecule has 10 atom stereocenters. The fourth-order valence-electron chi connectivity index (χ4n) is 8.13. The van der Waals surface area contributed by atoms with Crippen LogP contribution in [0.3, 0.4) is 0 Å². The number of hydrogen-bond acceptors (Lipinski definition) is 16. The maximum Gasteiger partial charge on any atom is 0.338 e. The van der Waals surface area contributed by atoms with Crippen LogP contribution in [0.25, 0.3) is 0 Å². The van der Waals surface area contributed by atoms with Crippen LogP contribution >= 0.6 is 11.8 Å². The van der Waals surface area contributed by atoms with Crippen LogP contribution in [0.5, 0.6) is 0 Å². The molecule has 4 aromatic carbocycles. The number of nitrogens with zero attached hydrogens (tertiary/aromatic N) is 1. The molecule has 0 aliphatic carbocycles. The molecule has 2 amide bonds. The van der Waals surface area contributed by atoms with E-state index in [2.05, 4.69) is 0 Å². The topological polar surface area (TPSA) is 189 Å². The largest absolute Gasteiger partial charge is 0.456 e. The van der Waals surface area contributed by atoms with Crippen LogP contribution in [0, 0.1) is 0 Å². The molecule has 2 fully saturated rings. The van der Waals surface area contributed by atoms with Gasteiger partial charge in [0.15, 0.2) is 30.7 Å². The van der Waals surface area contributed by atoms with Crippen molar-refractivity contribution < 1.29 is 71.4 Å². The molecular weight excluding hydrogens is 875 g/mol. The quantitative estimate of drug-likeness (QED) is 0.0672. The first kappa shape index (κ1) is 48.0. The average molecular weight is 926 g/mol. The number of benzene rings is 4. The van der Waals surface area contributed by atoms with Gasteiger partial charge in [-0.3, -0.25) is 28.9 Å². The molecule has 0 radical (unpaired) electrons. The van der Waals surface area contributed by atoms with Gasteiger partial charge in [0.25, 0.3) is 11.8 Å². The first-order valence-electron chi connectivity index (χ1n) is 21.5. The van der Waals surface area contributed by atoms with Crippen molar-refractivity contribution in [1.82, 2.24) is 4.90 Å². The highest BCUT2D eigenvalue weighted by Gasteiger charge is 2.59. The Labute approximate surface area is 386 Å². The number of imide groups is 1. The van der Waals surface area contributed by atoms with E-state index in [0.29, 0.717) is 5.75 Å². The SMILES string of the molecule is CCS[C@@H]1O[C@H](COCc2ccccc2)[C@@H](O[C@@H]2O[C@H](COCc3ccccc3)[C@H](OC(C)=O)[C@H](OC(C)=O)[C@H]2OC(C)=O)[C@H](OC(=O)c2ccccc2)[C@H]1N1C(=O)c2ccccc2C1=O. The van der Waals surface area contributed by atoms with Crippen LogP contribution in [0.15, 0.2) is 115 Å². The fourth-order valence-corrected chi connectivity index (χ4v) is 9.15. The monoisotopic (exact) mass is 925 g/mol. The van der Waals surface area contributed by atoms with Crippen molar-refractivity contribution in [1.29, 1.82) is 0 Å². The van der Waals surface area contributed by atoms with Crippen LogP contribution in [0.1, 0.15) is 69.9 Å². The van der Waals surface area contributed by atoms with Gasteiger partial charge in [0.2, 0.25) is 0 Å². The zero-order valence-electron chi connectivity index (χ0n) is 36.8. The number of fused-ring (bicyclic) bond motifs is 1. The number of carbonyl (C=O) groups is 6. The summed E-state index contributed by atoms with van der Waals surface area (Å²) in [5, 5.41) is 0. The second-order valence-electron chi connectivity index (χ2n) is 15.6. The van der Waals surface area contributed by atoms with E-state index in [4.69, 9.17) is 42.6 Å². The Morgan fingerprint density at radius 3 is 1.55 bits per heavy atom. The summed E-state index contributed by atoms with van der Waals surface area (Å²) in [5.74, 6) is -4.08. The minimum Gasteiger partial charge on any atom is -0.456 e. The molecule has 3 heterocycles. The van der Waals surface area contributed by atoms with Gasteiger partial charge in [-0.05, 0) is 41.1 Å². The summed E-state index contributed by atoms with van der Waals surface area (Å²) in [6, 6.07) is 31.7. The van der Waals surface area contributed by atoms with Crippen LogP contribution in [0.2, 0.25) is 0 Å². The maximum absolute atomic E-state index is 14.4. The van der Waals surface area contributed by atoms with E-state index in [1.165, 1.54) is 23.9 Å². The summed E-state index contributed by atoms with van der Waals surface area (Å²) >= 11 is 1.27. The Hall–Kier alpha value is -5.95. The third kappa shape index (κ3) is 11.5. The van der Waals surface area contributed by atoms with E-state index in [9.17, 15) is 28.8 Å². The summed E-state index contributed by atoms with van der Waals surface area (Å²) < 4.78 is 56.4. The first-order chi connectivity index (χ1) is 31.9. The number of ether oxygens (including phenoxy) is 9. The van der Waals surface area contributed by atoms with Gasteiger partial charge in [0.1, 0.15) is 29.8 Å². The van der Waals surface area contributed by atoms with Crippen molar-refractivity contribution in [3.05, 3.63) is 143 Å². The van der Waals surface area contributed by atoms with E-state index in [-0.39, 0.29) is 43.1 Å². The lowest BCUT2D eigenvalue weighted by Crippen LogP contribution is -2.69. The van der Waals surface area contributed by atoms with Gasteiger partial charge >= 0.3 is 23.9 Å². The summed E-state index contributed by atoms with van der Waals surface area (Å²) in [6.07, 6.45) is -11.6. The second-order valence-corrected chi connectivity index (χ2v) is 17.0. The maximum atomic E-state index is 14.4. The molecule has 4 aromatic rings. The van der Waals surface area contributed by atoms with Gasteiger partial charge in [-0.15, -0.1) is 11.8 Å². The van der Waals surface area contributed by atoms with E-state index in [0.717, 1.165) is 36.8 Å². The molecule has 2 saturated heterocycles. The molecule has 0 saturated carbocycles. The Morgan fingerprint density at radius 1 is 0.561 bits per heavy atom. The van der Waals surface area contributed by atoms with E-state index < -0.39 is 96.2 Å². The van der Waals surface area contributed by atoms with Crippen LogP contribution in [-0.4, -0.2) is 120 Å². The van der Waals surface area contributed by atoms with E-state index in [1.807, 2.05) is 67.6 Å². The standard InChI is InChI=1S/C49H51NO15S/c1-5-66-49-39(50-45(54)35-23-15-16-24-36(35)46(50)55)42(64-47(56)34-21-13-8-14-22-34)40(38(63-49)28-58-26-33-19-11-7-12-20-33)65-48-44(61-31(4)53)43(60-30(3)52)41(59-29(2)51)37(62-48)27-57-25-32-17-9-6-10-18-32/h6-24,37-44,48-49H,5,25-28H2,1-4H3/t37-,38-,39-,40-,41+,42-,43+,44-,48+,49+/m1/s1. The summed E-state index contributed by atoms with van der Waals surface area (Å²) in [6.45, 7) is 5.09. The minimum atomic E-state index is -1.70. The van der Waals surface area contributed by atoms with E-state index >= 15 is 0 Å². The predicted molar refractivity (Wildman–Crippen MR) is 236 cm³/mol. The molecule has 17 heteroatoms. The zero-order chi connectivity index (χ0) is 46.7. The molecule has 0 unspecified atom stereocenters. The molecule has 0 aromatic heterocycles. The Kier molecular flexibility index (Phi) is 16.4. The van der Waals surface area contributed by atoms with Gasteiger partial charge in [0, 0.05) is 20.8 Å². The Morgan fingerprint density at radius 2 is 1.03 bits per heavy atom. The number of thioether (sulfide) groups is 1. The number of esters is 4. The van der Waals surface area contributed by atoms with Gasteiger partial charge in [-0.25, -0.2) is 4.79 Å². The summed E-state index contributed by atoms with van der Waals surface area (Å²) in [5.41, 5.74) is 1.10. The van der Waals surface area contributed by atoms with Crippen molar-refractivity contribution >= 4 is 47.5 Å². The molecule has 3 aliphatic rings. The van der Waals surface area contributed by atoms with Crippen molar-refractivity contribution in [2.45, 2.75) is 101 Å². The Bertz CT molecular complexity index is 2280. The predicted octanol–water partition coefficient (Wildman–Crippen LogP) is 5.69. The number of hydrogen-bond donors (Lipinski definition) is 0. The van der Waals surface area contributed by atoms with Crippen molar-refractivity contribution in [3.63, 3.8) is 0 Å². The number of rotatable bonds is 18. The van der Waals surface area contributed by atoms with Gasteiger partial charge < -0.3 is 42.6 Å². The van der Waals surface area contributed by atoms with Crippen LogP contribution < -0.4 is 0 Å². The molecule has 16 nitrogen and oxygen atoms in total. The van der Waals surface area contributed by atoms with Crippen LogP contribution in [-0.2, 0) is 70.2 Å². The third-order valence-electron chi connectivity index (χ3n) is 10.9. The molecular formula is C49H51NO15S. The summed E-state index contributed by atoms with van der Waals surface area (Å²) in [4.78, 5) is 82.6. The average Bonchev–Trinajstić information content (AvgIpc) is 3.55. The van der Waals surface area contributed by atoms with Crippen molar-refractivity contribution in [3.8, 4) is 0 Å². The molecule has 0 bridgehead atoms. The van der Waals surface area contributed by atoms with Gasteiger partial charge in [-0.2, -0.15) is 0 Å².